The van der Waals surface area contributed by atoms with E-state index in [0.29, 0.717) is 5.95 Å². The molecule has 1 aromatic heterocycles. The Morgan fingerprint density at radius 3 is 2.67 bits per heavy atom. The fourth-order valence-electron chi connectivity index (χ4n) is 3.82. The molecule has 4 rings (SSSR count). The van der Waals surface area contributed by atoms with Gasteiger partial charge in [-0.1, -0.05) is 48.0 Å². The van der Waals surface area contributed by atoms with Gasteiger partial charge in [0.15, 0.2) is 0 Å². The largest absolute Gasteiger partial charge is 0.351 e. The van der Waals surface area contributed by atoms with E-state index in [4.69, 9.17) is 0 Å². The average Bonchev–Trinajstić information content (AvgIpc) is 3.11. The van der Waals surface area contributed by atoms with Crippen molar-refractivity contribution in [1.82, 2.24) is 14.8 Å². The van der Waals surface area contributed by atoms with Gasteiger partial charge in [-0.2, -0.15) is 10.1 Å². The number of aromatic nitrogens is 3. The van der Waals surface area contributed by atoms with Crippen molar-refractivity contribution in [3.63, 3.8) is 0 Å². The minimum Gasteiger partial charge on any atom is -0.351 e. The standard InChI is InChI=1S/C21H23N5O/c1-13-9-10-17(14(2)11-13)25-20(27)18-15(3)24-21-22-12-23-26(21)19(18)16-7-5-4-6-8-16/h4-12,15,18-19H,1-3H3,(H,25,27)(H,22,23,24)/t15-,18-,19-/m1/s1. The van der Waals surface area contributed by atoms with E-state index in [9.17, 15) is 4.79 Å². The molecule has 0 saturated heterocycles. The molecular weight excluding hydrogens is 338 g/mol. The van der Waals surface area contributed by atoms with Crippen LogP contribution >= 0.6 is 0 Å². The Morgan fingerprint density at radius 1 is 1.15 bits per heavy atom. The van der Waals surface area contributed by atoms with E-state index in [0.717, 1.165) is 16.8 Å². The van der Waals surface area contributed by atoms with Crippen molar-refractivity contribution in [3.8, 4) is 0 Å². The van der Waals surface area contributed by atoms with Crippen molar-refractivity contribution in [2.75, 3.05) is 10.6 Å². The van der Waals surface area contributed by atoms with E-state index >= 15 is 0 Å². The van der Waals surface area contributed by atoms with Gasteiger partial charge in [-0.3, -0.25) is 4.79 Å². The van der Waals surface area contributed by atoms with Crippen molar-refractivity contribution in [2.45, 2.75) is 32.9 Å². The normalized spacial score (nSPS) is 21.2. The van der Waals surface area contributed by atoms with E-state index in [1.54, 1.807) is 0 Å². The molecule has 6 nitrogen and oxygen atoms in total. The summed E-state index contributed by atoms with van der Waals surface area (Å²) in [7, 11) is 0. The fourth-order valence-corrected chi connectivity index (χ4v) is 3.82. The predicted molar refractivity (Wildman–Crippen MR) is 106 cm³/mol. The molecule has 3 atom stereocenters. The molecule has 0 bridgehead atoms. The highest BCUT2D eigenvalue weighted by Crippen LogP contribution is 2.36. The summed E-state index contributed by atoms with van der Waals surface area (Å²) in [5.74, 6) is 0.325. The van der Waals surface area contributed by atoms with Gasteiger partial charge < -0.3 is 10.6 Å². The van der Waals surface area contributed by atoms with E-state index < -0.39 is 0 Å². The minimum atomic E-state index is -0.331. The molecule has 2 N–H and O–H groups in total. The van der Waals surface area contributed by atoms with Gasteiger partial charge in [0, 0.05) is 11.7 Å². The number of rotatable bonds is 3. The maximum absolute atomic E-state index is 13.3. The van der Waals surface area contributed by atoms with Crippen LogP contribution < -0.4 is 10.6 Å². The van der Waals surface area contributed by atoms with E-state index in [1.807, 2.05) is 67.9 Å². The van der Waals surface area contributed by atoms with Crippen molar-refractivity contribution in [1.29, 1.82) is 0 Å². The van der Waals surface area contributed by atoms with Gasteiger partial charge in [-0.05, 0) is 38.0 Å². The minimum absolute atomic E-state index is 0.0306. The van der Waals surface area contributed by atoms with Gasteiger partial charge in [0.2, 0.25) is 11.9 Å². The van der Waals surface area contributed by atoms with Crippen molar-refractivity contribution >= 4 is 17.5 Å². The Morgan fingerprint density at radius 2 is 1.93 bits per heavy atom. The second-order valence-electron chi connectivity index (χ2n) is 7.15. The first kappa shape index (κ1) is 17.3. The summed E-state index contributed by atoms with van der Waals surface area (Å²) in [5, 5.41) is 10.8. The van der Waals surface area contributed by atoms with Crippen LogP contribution in [-0.4, -0.2) is 26.7 Å². The molecule has 138 valence electrons. The molecule has 0 fully saturated rings. The summed E-state index contributed by atoms with van der Waals surface area (Å²) in [6, 6.07) is 15.7. The molecule has 0 unspecified atom stereocenters. The zero-order valence-electron chi connectivity index (χ0n) is 15.7. The monoisotopic (exact) mass is 361 g/mol. The topological polar surface area (TPSA) is 71.8 Å². The van der Waals surface area contributed by atoms with Crippen LogP contribution in [0.4, 0.5) is 11.6 Å². The highest BCUT2D eigenvalue weighted by atomic mass is 16.2. The molecule has 6 heteroatoms. The van der Waals surface area contributed by atoms with Crippen LogP contribution in [0.2, 0.25) is 0 Å². The number of carbonyl (C=O) groups is 1. The average molecular weight is 361 g/mol. The predicted octanol–water partition coefficient (Wildman–Crippen LogP) is 3.55. The van der Waals surface area contributed by atoms with E-state index in [1.165, 1.54) is 11.9 Å². The maximum Gasteiger partial charge on any atom is 0.232 e. The van der Waals surface area contributed by atoms with Gasteiger partial charge in [-0.25, -0.2) is 4.68 Å². The number of anilines is 2. The Bertz CT molecular complexity index is 966. The number of amides is 1. The van der Waals surface area contributed by atoms with Gasteiger partial charge in [0.1, 0.15) is 6.33 Å². The number of nitrogens with one attached hydrogen (secondary N) is 2. The molecule has 2 aromatic carbocycles. The number of fused-ring (bicyclic) bond motifs is 1. The molecule has 0 spiro atoms. The maximum atomic E-state index is 13.3. The lowest BCUT2D eigenvalue weighted by atomic mass is 9.85. The molecule has 27 heavy (non-hydrogen) atoms. The van der Waals surface area contributed by atoms with Crippen LogP contribution in [-0.2, 0) is 4.79 Å². The Kier molecular flexibility index (Phi) is 4.39. The molecule has 1 aliphatic rings. The summed E-state index contributed by atoms with van der Waals surface area (Å²) in [6.07, 6.45) is 1.52. The van der Waals surface area contributed by atoms with Gasteiger partial charge in [0.05, 0.1) is 12.0 Å². The quantitative estimate of drug-likeness (QED) is 0.748. The molecule has 3 aromatic rings. The zero-order valence-corrected chi connectivity index (χ0v) is 15.7. The van der Waals surface area contributed by atoms with Crippen LogP contribution in [0.25, 0.3) is 0 Å². The first-order valence-corrected chi connectivity index (χ1v) is 9.13. The fraction of sp³-hybridized carbons (Fsp3) is 0.286. The number of carbonyl (C=O) groups excluding carboxylic acids is 1. The molecule has 1 aliphatic heterocycles. The van der Waals surface area contributed by atoms with Gasteiger partial charge >= 0.3 is 0 Å². The third-order valence-electron chi connectivity index (χ3n) is 5.16. The van der Waals surface area contributed by atoms with Crippen LogP contribution in [0.15, 0.2) is 54.9 Å². The second kappa shape index (κ2) is 6.87. The van der Waals surface area contributed by atoms with Crippen LogP contribution in [0, 0.1) is 19.8 Å². The number of benzene rings is 2. The van der Waals surface area contributed by atoms with E-state index in [-0.39, 0.29) is 23.9 Å². The summed E-state index contributed by atoms with van der Waals surface area (Å²) < 4.78 is 1.81. The highest BCUT2D eigenvalue weighted by Gasteiger charge is 2.41. The molecule has 0 aliphatic carbocycles. The van der Waals surface area contributed by atoms with Crippen molar-refractivity contribution < 1.29 is 4.79 Å². The number of nitrogens with zero attached hydrogens (tertiary/aromatic N) is 3. The Labute approximate surface area is 158 Å². The smallest absolute Gasteiger partial charge is 0.232 e. The van der Waals surface area contributed by atoms with Gasteiger partial charge in [-0.15, -0.1) is 0 Å². The summed E-state index contributed by atoms with van der Waals surface area (Å²) in [5.41, 5.74) is 4.11. The van der Waals surface area contributed by atoms with Crippen molar-refractivity contribution in [3.05, 3.63) is 71.5 Å². The molecule has 0 radical (unpaired) electrons. The molecular formula is C21H23N5O. The van der Waals surface area contributed by atoms with Gasteiger partial charge in [0.25, 0.3) is 0 Å². The lowest BCUT2D eigenvalue weighted by molar-refractivity contribution is -0.121. The first-order valence-electron chi connectivity index (χ1n) is 9.13. The summed E-state index contributed by atoms with van der Waals surface area (Å²) in [6.45, 7) is 6.07. The number of hydrogen-bond acceptors (Lipinski definition) is 4. The van der Waals surface area contributed by atoms with Crippen LogP contribution in [0.5, 0.6) is 0 Å². The SMILES string of the molecule is Cc1ccc(NC(=O)[C@H]2[C@@H](c3ccccc3)n3ncnc3N[C@@H]2C)c(C)c1. The number of hydrogen-bond donors (Lipinski definition) is 2. The Hall–Kier alpha value is -3.15. The highest BCUT2D eigenvalue weighted by molar-refractivity contribution is 5.94. The lowest BCUT2D eigenvalue weighted by Gasteiger charge is -2.37. The third kappa shape index (κ3) is 3.18. The number of aryl methyl sites for hydroxylation is 2. The van der Waals surface area contributed by atoms with Crippen LogP contribution in [0.3, 0.4) is 0 Å². The Balaban J connectivity index is 1.71. The lowest BCUT2D eigenvalue weighted by Crippen LogP contribution is -2.46. The zero-order chi connectivity index (χ0) is 19.0. The summed E-state index contributed by atoms with van der Waals surface area (Å²) in [4.78, 5) is 17.6. The van der Waals surface area contributed by atoms with E-state index in [2.05, 4.69) is 26.8 Å². The third-order valence-corrected chi connectivity index (χ3v) is 5.16. The second-order valence-corrected chi connectivity index (χ2v) is 7.15. The first-order chi connectivity index (χ1) is 13.0. The van der Waals surface area contributed by atoms with Crippen molar-refractivity contribution in [2.24, 2.45) is 5.92 Å². The molecule has 0 saturated carbocycles. The molecule has 1 amide bonds. The summed E-state index contributed by atoms with van der Waals surface area (Å²) >= 11 is 0. The molecule has 2 heterocycles. The van der Waals surface area contributed by atoms with Crippen LogP contribution in [0.1, 0.15) is 29.7 Å².